The molecule has 7 nitrogen and oxygen atoms in total. The highest BCUT2D eigenvalue weighted by atomic mass is 16.6. The van der Waals surface area contributed by atoms with E-state index in [-0.39, 0.29) is 17.6 Å². The number of pyridine rings is 1. The first-order valence-corrected chi connectivity index (χ1v) is 8.31. The quantitative estimate of drug-likeness (QED) is 0.443. The lowest BCUT2D eigenvalue weighted by Crippen LogP contribution is -2.46. The standard InChI is InChI=1S/C17H23N5O2/c1-16(2,3)24-15(23)22-9-6-17(7-10-22)11-12-5-4-8-19-13(12)14(17)20-21-18/h4-5,8,14H,6-7,9-11H2,1-3H3. The van der Waals surface area contributed by atoms with Crippen LogP contribution >= 0.6 is 0 Å². The fraction of sp³-hybridized carbons (Fsp3) is 0.647. The Morgan fingerprint density at radius 3 is 2.79 bits per heavy atom. The minimum Gasteiger partial charge on any atom is -0.444 e. The maximum absolute atomic E-state index is 12.3. The van der Waals surface area contributed by atoms with Gasteiger partial charge < -0.3 is 9.64 Å². The van der Waals surface area contributed by atoms with Gasteiger partial charge in [-0.25, -0.2) is 4.79 Å². The molecule has 7 heteroatoms. The summed E-state index contributed by atoms with van der Waals surface area (Å²) >= 11 is 0. The van der Waals surface area contributed by atoms with Crippen LogP contribution in [-0.2, 0) is 11.2 Å². The molecule has 0 N–H and O–H groups in total. The van der Waals surface area contributed by atoms with Crippen molar-refractivity contribution in [2.75, 3.05) is 13.1 Å². The van der Waals surface area contributed by atoms with Gasteiger partial charge >= 0.3 is 6.09 Å². The third kappa shape index (κ3) is 3.04. The molecular weight excluding hydrogens is 306 g/mol. The van der Waals surface area contributed by atoms with Crippen LogP contribution in [-0.4, -0.2) is 34.7 Å². The zero-order valence-electron chi connectivity index (χ0n) is 14.4. The van der Waals surface area contributed by atoms with Gasteiger partial charge in [0.2, 0.25) is 0 Å². The molecule has 0 saturated carbocycles. The number of ether oxygens (including phenoxy) is 1. The Kier molecular flexibility index (Phi) is 4.13. The van der Waals surface area contributed by atoms with Gasteiger partial charge in [0.1, 0.15) is 5.60 Å². The van der Waals surface area contributed by atoms with Gasteiger partial charge in [0.15, 0.2) is 0 Å². The second-order valence-corrected chi connectivity index (χ2v) is 7.66. The van der Waals surface area contributed by atoms with Gasteiger partial charge in [0, 0.05) is 24.2 Å². The van der Waals surface area contributed by atoms with Gasteiger partial charge in [0.25, 0.3) is 0 Å². The van der Waals surface area contributed by atoms with Crippen molar-refractivity contribution in [3.63, 3.8) is 0 Å². The van der Waals surface area contributed by atoms with E-state index in [2.05, 4.69) is 21.1 Å². The van der Waals surface area contributed by atoms with Crippen molar-refractivity contribution in [1.29, 1.82) is 0 Å². The van der Waals surface area contributed by atoms with Crippen LogP contribution in [0.2, 0.25) is 0 Å². The van der Waals surface area contributed by atoms with Crippen molar-refractivity contribution in [2.24, 2.45) is 10.5 Å². The van der Waals surface area contributed by atoms with Crippen molar-refractivity contribution in [1.82, 2.24) is 9.88 Å². The fourth-order valence-electron chi connectivity index (χ4n) is 3.75. The molecule has 1 spiro atoms. The van der Waals surface area contributed by atoms with E-state index in [1.807, 2.05) is 26.8 Å². The molecule has 1 aromatic heterocycles. The SMILES string of the molecule is CC(C)(C)OC(=O)N1CCC2(CC1)Cc1cccnc1C2N=[N+]=[N-]. The largest absolute Gasteiger partial charge is 0.444 e. The first kappa shape index (κ1) is 16.6. The lowest BCUT2D eigenvalue weighted by atomic mass is 9.73. The zero-order chi connectivity index (χ0) is 17.4. The highest BCUT2D eigenvalue weighted by Crippen LogP contribution is 2.53. The topological polar surface area (TPSA) is 91.2 Å². The van der Waals surface area contributed by atoms with Crippen molar-refractivity contribution in [2.45, 2.75) is 51.7 Å². The molecule has 24 heavy (non-hydrogen) atoms. The molecule has 2 aliphatic rings. The number of aromatic nitrogens is 1. The van der Waals surface area contributed by atoms with Crippen LogP contribution in [0.25, 0.3) is 10.4 Å². The molecule has 1 fully saturated rings. The molecule has 0 bridgehead atoms. The summed E-state index contributed by atoms with van der Waals surface area (Å²) in [5, 5.41) is 4.05. The second kappa shape index (κ2) is 5.98. The van der Waals surface area contributed by atoms with Crippen LogP contribution in [0.15, 0.2) is 23.4 Å². The van der Waals surface area contributed by atoms with E-state index < -0.39 is 5.60 Å². The van der Waals surface area contributed by atoms with Crippen molar-refractivity contribution >= 4 is 6.09 Å². The Labute approximate surface area is 141 Å². The van der Waals surface area contributed by atoms with E-state index in [4.69, 9.17) is 10.3 Å². The summed E-state index contributed by atoms with van der Waals surface area (Å²) < 4.78 is 5.46. The number of hydrogen-bond donors (Lipinski definition) is 0. The Bertz CT molecular complexity index is 682. The first-order chi connectivity index (χ1) is 11.3. The maximum atomic E-state index is 12.3. The number of carbonyl (C=O) groups excluding carboxylic acids is 1. The summed E-state index contributed by atoms with van der Waals surface area (Å²) in [4.78, 5) is 21.5. The lowest BCUT2D eigenvalue weighted by Gasteiger charge is -2.41. The van der Waals surface area contributed by atoms with Crippen LogP contribution < -0.4 is 0 Å². The lowest BCUT2D eigenvalue weighted by molar-refractivity contribution is 0.00792. The summed E-state index contributed by atoms with van der Waals surface area (Å²) in [5.41, 5.74) is 10.4. The van der Waals surface area contributed by atoms with Gasteiger partial charge in [-0.1, -0.05) is 11.2 Å². The Hall–Kier alpha value is -2.27. The number of carbonyl (C=O) groups is 1. The van der Waals surface area contributed by atoms with E-state index in [1.54, 1.807) is 11.1 Å². The van der Waals surface area contributed by atoms with Gasteiger partial charge in [0.05, 0.1) is 11.7 Å². The van der Waals surface area contributed by atoms with Crippen molar-refractivity contribution in [3.05, 3.63) is 40.0 Å². The van der Waals surface area contributed by atoms with Gasteiger partial charge in [-0.15, -0.1) is 0 Å². The Morgan fingerprint density at radius 1 is 1.46 bits per heavy atom. The fourth-order valence-corrected chi connectivity index (χ4v) is 3.75. The van der Waals surface area contributed by atoms with Crippen molar-refractivity contribution < 1.29 is 9.53 Å². The molecule has 1 aliphatic heterocycles. The molecule has 1 unspecified atom stereocenters. The highest BCUT2D eigenvalue weighted by molar-refractivity contribution is 5.68. The average Bonchev–Trinajstić information content (AvgIpc) is 2.80. The molecule has 0 aromatic carbocycles. The third-order valence-electron chi connectivity index (χ3n) is 4.89. The molecule has 1 amide bonds. The smallest absolute Gasteiger partial charge is 0.410 e. The Morgan fingerprint density at radius 2 is 2.17 bits per heavy atom. The van der Waals surface area contributed by atoms with Crippen molar-refractivity contribution in [3.8, 4) is 0 Å². The van der Waals surface area contributed by atoms with E-state index >= 15 is 0 Å². The second-order valence-electron chi connectivity index (χ2n) is 7.66. The average molecular weight is 329 g/mol. The molecule has 0 radical (unpaired) electrons. The number of amides is 1. The Balaban J connectivity index is 1.75. The molecule has 3 rings (SSSR count). The molecule has 2 heterocycles. The molecule has 1 saturated heterocycles. The number of hydrogen-bond acceptors (Lipinski definition) is 4. The monoisotopic (exact) mass is 329 g/mol. The minimum absolute atomic E-state index is 0.137. The number of likely N-dealkylation sites (tertiary alicyclic amines) is 1. The van der Waals surface area contributed by atoms with Crippen LogP contribution in [0.3, 0.4) is 0 Å². The summed E-state index contributed by atoms with van der Waals surface area (Å²) in [6, 6.07) is 3.72. The summed E-state index contributed by atoms with van der Waals surface area (Å²) in [6.07, 6.45) is 3.89. The van der Waals surface area contributed by atoms with Crippen LogP contribution in [0, 0.1) is 5.41 Å². The number of nitrogens with zero attached hydrogens (tertiary/aromatic N) is 5. The van der Waals surface area contributed by atoms with E-state index in [0.29, 0.717) is 13.1 Å². The number of fused-ring (bicyclic) bond motifs is 1. The normalized spacial score (nSPS) is 22.0. The third-order valence-corrected chi connectivity index (χ3v) is 4.89. The van der Waals surface area contributed by atoms with E-state index in [1.165, 1.54) is 0 Å². The maximum Gasteiger partial charge on any atom is 0.410 e. The van der Waals surface area contributed by atoms with Gasteiger partial charge in [-0.2, -0.15) is 0 Å². The molecule has 128 valence electrons. The molecular formula is C17H23N5O2. The number of rotatable bonds is 1. The molecule has 1 aliphatic carbocycles. The summed E-state index contributed by atoms with van der Waals surface area (Å²) in [6.45, 7) is 6.83. The van der Waals surface area contributed by atoms with E-state index in [0.717, 1.165) is 30.5 Å². The minimum atomic E-state index is -0.493. The van der Waals surface area contributed by atoms with Crippen LogP contribution in [0.1, 0.15) is 50.9 Å². The molecule has 1 atom stereocenters. The highest BCUT2D eigenvalue weighted by Gasteiger charge is 2.48. The van der Waals surface area contributed by atoms with Gasteiger partial charge in [-0.3, -0.25) is 4.98 Å². The predicted molar refractivity (Wildman–Crippen MR) is 89.3 cm³/mol. The van der Waals surface area contributed by atoms with Crippen LogP contribution in [0.4, 0.5) is 4.79 Å². The first-order valence-electron chi connectivity index (χ1n) is 8.31. The van der Waals surface area contributed by atoms with Gasteiger partial charge in [-0.05, 0) is 62.6 Å². The molecule has 1 aromatic rings. The summed E-state index contributed by atoms with van der Waals surface area (Å²) in [7, 11) is 0. The van der Waals surface area contributed by atoms with Crippen LogP contribution in [0.5, 0.6) is 0 Å². The van der Waals surface area contributed by atoms with E-state index in [9.17, 15) is 4.79 Å². The summed E-state index contributed by atoms with van der Waals surface area (Å²) in [5.74, 6) is 0. The predicted octanol–water partition coefficient (Wildman–Crippen LogP) is 4.01. The zero-order valence-corrected chi connectivity index (χ0v) is 14.4. The number of azide groups is 1. The number of piperidine rings is 1.